The molecule has 0 fully saturated rings. The lowest BCUT2D eigenvalue weighted by Crippen LogP contribution is -2.33. The Kier molecular flexibility index (Phi) is 6.42. The SMILES string of the molecule is CC1=CC(C)(C)N=C2C=CC(=[N+](CC3=CC(C)(C)Nc4ccc(Nc5ccccc5)cc43)c3ccccc3)C=C12. The van der Waals surface area contributed by atoms with Crippen LogP contribution in [0.4, 0.5) is 22.7 Å². The van der Waals surface area contributed by atoms with Crippen LogP contribution in [0.5, 0.6) is 0 Å². The zero-order valence-electron chi connectivity index (χ0n) is 24.0. The molecule has 0 amide bonds. The van der Waals surface area contributed by atoms with Crippen molar-refractivity contribution in [1.29, 1.82) is 0 Å². The van der Waals surface area contributed by atoms with E-state index in [2.05, 4.69) is 153 Å². The second-order valence-corrected chi connectivity index (χ2v) is 12.0. The molecule has 0 bridgehead atoms. The van der Waals surface area contributed by atoms with Gasteiger partial charge in [-0.2, -0.15) is 4.58 Å². The Morgan fingerprint density at radius 2 is 1.55 bits per heavy atom. The average Bonchev–Trinajstić information content (AvgIpc) is 2.92. The van der Waals surface area contributed by atoms with Crippen LogP contribution >= 0.6 is 0 Å². The van der Waals surface area contributed by atoms with E-state index in [0.717, 1.165) is 40.7 Å². The van der Waals surface area contributed by atoms with E-state index in [0.29, 0.717) is 0 Å². The fourth-order valence-electron chi connectivity index (χ4n) is 5.88. The highest BCUT2D eigenvalue weighted by Crippen LogP contribution is 2.37. The first-order valence-corrected chi connectivity index (χ1v) is 14.0. The van der Waals surface area contributed by atoms with Crippen LogP contribution in [-0.2, 0) is 0 Å². The maximum atomic E-state index is 4.99. The van der Waals surface area contributed by atoms with Crippen LogP contribution in [0.15, 0.2) is 125 Å². The summed E-state index contributed by atoms with van der Waals surface area (Å²) in [5, 5.41) is 7.29. The number of anilines is 3. The third-order valence-electron chi connectivity index (χ3n) is 7.51. The third-order valence-corrected chi connectivity index (χ3v) is 7.51. The van der Waals surface area contributed by atoms with Crippen molar-refractivity contribution in [3.63, 3.8) is 0 Å². The summed E-state index contributed by atoms with van der Waals surface area (Å²) in [5.74, 6) is 0. The van der Waals surface area contributed by atoms with Gasteiger partial charge in [0.1, 0.15) is 0 Å². The number of allylic oxidation sites excluding steroid dienone is 5. The van der Waals surface area contributed by atoms with Crippen LogP contribution in [0.1, 0.15) is 40.2 Å². The number of hydrogen-bond donors (Lipinski definition) is 2. The molecule has 2 heterocycles. The van der Waals surface area contributed by atoms with E-state index in [4.69, 9.17) is 4.99 Å². The minimum Gasteiger partial charge on any atom is -0.376 e. The van der Waals surface area contributed by atoms with Crippen molar-refractivity contribution in [1.82, 2.24) is 0 Å². The number of fused-ring (bicyclic) bond motifs is 2. The van der Waals surface area contributed by atoms with Gasteiger partial charge in [0, 0.05) is 58.1 Å². The van der Waals surface area contributed by atoms with Crippen LogP contribution in [0.2, 0.25) is 0 Å². The molecule has 3 aliphatic rings. The molecule has 0 saturated carbocycles. The van der Waals surface area contributed by atoms with E-state index in [-0.39, 0.29) is 11.1 Å². The highest BCUT2D eigenvalue weighted by molar-refractivity contribution is 6.22. The van der Waals surface area contributed by atoms with Crippen molar-refractivity contribution in [3.8, 4) is 0 Å². The maximum absolute atomic E-state index is 4.99. The van der Waals surface area contributed by atoms with Crippen molar-refractivity contribution >= 4 is 39.7 Å². The standard InChI is InChI=1S/C36H36N4/c1-25-22-35(2,3)38-33-19-17-30(21-31(25)33)40(29-14-10-7-11-15-29)24-26-23-36(4,5)39-34-18-16-28(20-32(26)34)37-27-12-8-6-9-13-27/h6-23,38H,24H2,1-5H3/p+1. The largest absolute Gasteiger partial charge is 0.376 e. The van der Waals surface area contributed by atoms with Crippen LogP contribution in [0.25, 0.3) is 5.57 Å². The maximum Gasteiger partial charge on any atom is 0.206 e. The highest BCUT2D eigenvalue weighted by Gasteiger charge is 2.30. The summed E-state index contributed by atoms with van der Waals surface area (Å²) in [5.41, 5.74) is 11.3. The van der Waals surface area contributed by atoms with Crippen molar-refractivity contribution in [2.24, 2.45) is 4.99 Å². The van der Waals surface area contributed by atoms with Crippen LogP contribution in [0, 0.1) is 0 Å². The summed E-state index contributed by atoms with van der Waals surface area (Å²) in [6.45, 7) is 11.7. The average molecular weight is 526 g/mol. The Morgan fingerprint density at radius 3 is 2.30 bits per heavy atom. The molecule has 40 heavy (non-hydrogen) atoms. The third kappa shape index (κ3) is 5.35. The number of aliphatic imine (C=N–C) groups is 1. The highest BCUT2D eigenvalue weighted by atomic mass is 15.0. The van der Waals surface area contributed by atoms with Crippen molar-refractivity contribution in [2.45, 2.75) is 45.7 Å². The van der Waals surface area contributed by atoms with Crippen molar-refractivity contribution in [3.05, 3.63) is 126 Å². The predicted molar refractivity (Wildman–Crippen MR) is 171 cm³/mol. The summed E-state index contributed by atoms with van der Waals surface area (Å²) in [6.07, 6.45) is 11.3. The van der Waals surface area contributed by atoms with Gasteiger partial charge in [0.05, 0.1) is 16.8 Å². The molecule has 2 aliphatic heterocycles. The van der Waals surface area contributed by atoms with E-state index in [1.807, 2.05) is 6.07 Å². The van der Waals surface area contributed by atoms with Crippen LogP contribution in [-0.4, -0.2) is 33.6 Å². The van der Waals surface area contributed by atoms with E-state index < -0.39 is 0 Å². The van der Waals surface area contributed by atoms with Gasteiger partial charge in [0.25, 0.3) is 0 Å². The Hall–Kier alpha value is -4.44. The first kappa shape index (κ1) is 25.8. The number of nitrogens with one attached hydrogen (secondary N) is 2. The summed E-state index contributed by atoms with van der Waals surface area (Å²) in [4.78, 5) is 4.99. The number of dihydropyridines is 1. The molecule has 2 N–H and O–H groups in total. The molecule has 3 aromatic carbocycles. The van der Waals surface area contributed by atoms with Gasteiger partial charge in [-0.3, -0.25) is 4.99 Å². The Labute approximate surface area is 237 Å². The van der Waals surface area contributed by atoms with E-state index in [1.54, 1.807) is 0 Å². The quantitative estimate of drug-likeness (QED) is 0.259. The molecule has 4 nitrogen and oxygen atoms in total. The second kappa shape index (κ2) is 9.95. The first-order chi connectivity index (χ1) is 19.2. The molecule has 0 aromatic heterocycles. The van der Waals surface area contributed by atoms with Crippen molar-refractivity contribution in [2.75, 3.05) is 17.2 Å². The molecule has 200 valence electrons. The number of rotatable bonds is 5. The molecule has 0 atom stereocenters. The predicted octanol–water partition coefficient (Wildman–Crippen LogP) is 8.48. The first-order valence-electron chi connectivity index (χ1n) is 14.0. The van der Waals surface area contributed by atoms with Gasteiger partial charge in [-0.1, -0.05) is 42.5 Å². The number of benzene rings is 3. The number of hydrogen-bond acceptors (Lipinski definition) is 3. The topological polar surface area (TPSA) is 39.4 Å². The molecular formula is C36H37N4+. The van der Waals surface area contributed by atoms with Gasteiger partial charge in [-0.05, 0) is 82.7 Å². The monoisotopic (exact) mass is 525 g/mol. The number of nitrogens with zero attached hydrogens (tertiary/aromatic N) is 2. The van der Waals surface area contributed by atoms with E-state index in [1.165, 1.54) is 22.3 Å². The van der Waals surface area contributed by atoms with Crippen LogP contribution < -0.4 is 10.6 Å². The molecule has 0 spiro atoms. The van der Waals surface area contributed by atoms with Gasteiger partial charge in [0.2, 0.25) is 11.4 Å². The molecule has 4 heteroatoms. The fourth-order valence-corrected chi connectivity index (χ4v) is 5.88. The zero-order chi connectivity index (χ0) is 27.9. The van der Waals surface area contributed by atoms with Gasteiger partial charge in [-0.25, -0.2) is 0 Å². The second-order valence-electron chi connectivity index (χ2n) is 12.0. The van der Waals surface area contributed by atoms with Crippen molar-refractivity contribution < 1.29 is 4.58 Å². The van der Waals surface area contributed by atoms with Gasteiger partial charge in [-0.15, -0.1) is 0 Å². The molecule has 6 rings (SSSR count). The summed E-state index contributed by atoms with van der Waals surface area (Å²) in [6, 6.07) is 27.6. The molecular weight excluding hydrogens is 488 g/mol. The Balaban J connectivity index is 1.44. The molecule has 0 unspecified atom stereocenters. The van der Waals surface area contributed by atoms with Gasteiger partial charge in [0.15, 0.2) is 6.54 Å². The minimum atomic E-state index is -0.182. The van der Waals surface area contributed by atoms with Gasteiger partial charge < -0.3 is 10.6 Å². The molecule has 0 radical (unpaired) electrons. The van der Waals surface area contributed by atoms with Gasteiger partial charge >= 0.3 is 0 Å². The molecule has 0 saturated heterocycles. The Morgan fingerprint density at radius 1 is 0.825 bits per heavy atom. The summed E-state index contributed by atoms with van der Waals surface area (Å²) < 4.78 is 2.42. The summed E-state index contributed by atoms with van der Waals surface area (Å²) in [7, 11) is 0. The van der Waals surface area contributed by atoms with E-state index >= 15 is 0 Å². The lowest BCUT2D eigenvalue weighted by Gasteiger charge is -2.32. The zero-order valence-corrected chi connectivity index (χ0v) is 24.0. The smallest absolute Gasteiger partial charge is 0.206 e. The minimum absolute atomic E-state index is 0.168. The normalized spacial score (nSPS) is 19.6. The molecule has 3 aromatic rings. The summed E-state index contributed by atoms with van der Waals surface area (Å²) >= 11 is 0. The van der Waals surface area contributed by atoms with E-state index in [9.17, 15) is 0 Å². The lowest BCUT2D eigenvalue weighted by atomic mass is 9.87. The number of para-hydroxylation sites is 2. The van der Waals surface area contributed by atoms with Crippen LogP contribution in [0.3, 0.4) is 0 Å². The lowest BCUT2D eigenvalue weighted by molar-refractivity contribution is -0.423. The Bertz CT molecular complexity index is 1650. The fraction of sp³-hybridized carbons (Fsp3) is 0.222. The molecule has 1 aliphatic carbocycles.